The van der Waals surface area contributed by atoms with Gasteiger partial charge in [0.25, 0.3) is 5.91 Å². The number of carbonyl (C=O) groups is 1. The average Bonchev–Trinajstić information content (AvgIpc) is 3.12. The van der Waals surface area contributed by atoms with Gasteiger partial charge in [0.05, 0.1) is 0 Å². The van der Waals surface area contributed by atoms with Crippen molar-refractivity contribution >= 4 is 28.6 Å². The second kappa shape index (κ2) is 7.61. The molecule has 0 N–H and O–H groups in total. The fourth-order valence-electron chi connectivity index (χ4n) is 3.46. The highest BCUT2D eigenvalue weighted by Gasteiger charge is 2.29. The zero-order valence-corrected chi connectivity index (χ0v) is 15.9. The lowest BCUT2D eigenvalue weighted by Gasteiger charge is -2.32. The summed E-state index contributed by atoms with van der Waals surface area (Å²) < 4.78 is 11.6. The number of fused-ring (bicyclic) bond motifs is 1. The van der Waals surface area contributed by atoms with Crippen molar-refractivity contribution in [2.24, 2.45) is 0 Å². The van der Waals surface area contributed by atoms with E-state index in [4.69, 9.17) is 20.8 Å². The molecule has 6 heteroatoms. The minimum atomic E-state index is -0.552. The summed E-state index contributed by atoms with van der Waals surface area (Å²) in [4.78, 5) is 19.2. The van der Waals surface area contributed by atoms with Gasteiger partial charge >= 0.3 is 0 Å². The first kappa shape index (κ1) is 17.9. The van der Waals surface area contributed by atoms with Gasteiger partial charge in [-0.25, -0.2) is 4.98 Å². The zero-order valence-electron chi connectivity index (χ0n) is 15.1. The number of ether oxygens (including phenoxy) is 1. The number of benzene rings is 2. The van der Waals surface area contributed by atoms with E-state index in [1.54, 1.807) is 31.2 Å². The predicted molar refractivity (Wildman–Crippen MR) is 104 cm³/mol. The summed E-state index contributed by atoms with van der Waals surface area (Å²) in [5.41, 5.74) is 1.70. The second-order valence-electron chi connectivity index (χ2n) is 6.84. The van der Waals surface area contributed by atoms with Crippen LogP contribution < -0.4 is 4.74 Å². The van der Waals surface area contributed by atoms with E-state index in [1.807, 2.05) is 29.2 Å². The Morgan fingerprint density at radius 1 is 1.22 bits per heavy atom. The van der Waals surface area contributed by atoms with E-state index < -0.39 is 6.10 Å². The van der Waals surface area contributed by atoms with Crippen molar-refractivity contribution in [3.05, 3.63) is 59.4 Å². The monoisotopic (exact) mass is 384 g/mol. The molecular weight excluding hydrogens is 364 g/mol. The van der Waals surface area contributed by atoms with Gasteiger partial charge in [-0.05, 0) is 50.1 Å². The number of amides is 1. The molecule has 0 unspecified atom stereocenters. The topological polar surface area (TPSA) is 55.6 Å². The van der Waals surface area contributed by atoms with Crippen molar-refractivity contribution in [3.63, 3.8) is 0 Å². The third-order valence-corrected chi connectivity index (χ3v) is 5.16. The van der Waals surface area contributed by atoms with Gasteiger partial charge in [-0.1, -0.05) is 29.8 Å². The molecule has 1 fully saturated rings. The number of piperidine rings is 1. The molecule has 0 aliphatic carbocycles. The maximum atomic E-state index is 12.7. The average molecular weight is 385 g/mol. The molecule has 1 atom stereocenters. The molecule has 1 amide bonds. The Labute approximate surface area is 162 Å². The Bertz CT molecular complexity index is 914. The van der Waals surface area contributed by atoms with Crippen LogP contribution in [0.25, 0.3) is 11.1 Å². The molecule has 1 aliphatic rings. The number of halogens is 1. The minimum absolute atomic E-state index is 0.00834. The highest BCUT2D eigenvalue weighted by Crippen LogP contribution is 2.30. The first-order valence-electron chi connectivity index (χ1n) is 9.16. The van der Waals surface area contributed by atoms with Crippen LogP contribution in [0.15, 0.2) is 52.9 Å². The number of nitrogens with zero attached hydrogens (tertiary/aromatic N) is 2. The maximum Gasteiger partial charge on any atom is 0.263 e. The first-order valence-corrected chi connectivity index (χ1v) is 9.54. The van der Waals surface area contributed by atoms with Crippen LogP contribution in [0.3, 0.4) is 0 Å². The van der Waals surface area contributed by atoms with Gasteiger partial charge in [-0.3, -0.25) is 4.79 Å². The summed E-state index contributed by atoms with van der Waals surface area (Å²) in [5.74, 6) is 1.60. The third kappa shape index (κ3) is 3.93. The Kier molecular flexibility index (Phi) is 5.03. The highest BCUT2D eigenvalue weighted by molar-refractivity contribution is 6.30. The van der Waals surface area contributed by atoms with Crippen molar-refractivity contribution in [2.75, 3.05) is 13.1 Å². The van der Waals surface area contributed by atoms with Gasteiger partial charge in [0.15, 0.2) is 17.6 Å². The standard InChI is InChI=1S/C21H21ClN2O3/c1-14(26-17-6-4-5-16(22)13-17)21(25)24-11-9-15(10-12-24)20-23-18-7-2-3-8-19(18)27-20/h2-8,13-15H,9-12H2,1H3/t14-/m0/s1. The fourth-order valence-corrected chi connectivity index (χ4v) is 3.64. The molecule has 1 saturated heterocycles. The lowest BCUT2D eigenvalue weighted by molar-refractivity contribution is -0.139. The number of likely N-dealkylation sites (tertiary alicyclic amines) is 1. The summed E-state index contributed by atoms with van der Waals surface area (Å²) in [5, 5.41) is 0.589. The molecular formula is C21H21ClN2O3. The molecule has 5 nitrogen and oxygen atoms in total. The van der Waals surface area contributed by atoms with Crippen LogP contribution in [0.1, 0.15) is 31.6 Å². The fraction of sp³-hybridized carbons (Fsp3) is 0.333. The summed E-state index contributed by atoms with van der Waals surface area (Å²) in [7, 11) is 0. The molecule has 1 aromatic heterocycles. The largest absolute Gasteiger partial charge is 0.481 e. The van der Waals surface area contributed by atoms with Gasteiger partial charge < -0.3 is 14.1 Å². The Morgan fingerprint density at radius 2 is 2.00 bits per heavy atom. The highest BCUT2D eigenvalue weighted by atomic mass is 35.5. The van der Waals surface area contributed by atoms with Gasteiger partial charge in [-0.15, -0.1) is 0 Å². The Balaban J connectivity index is 1.36. The van der Waals surface area contributed by atoms with Crippen LogP contribution in [0.2, 0.25) is 5.02 Å². The van der Waals surface area contributed by atoms with E-state index >= 15 is 0 Å². The van der Waals surface area contributed by atoms with Crippen LogP contribution in [0, 0.1) is 0 Å². The van der Waals surface area contributed by atoms with E-state index in [0.717, 1.165) is 29.8 Å². The summed E-state index contributed by atoms with van der Waals surface area (Å²) in [6, 6.07) is 14.9. The minimum Gasteiger partial charge on any atom is -0.481 e. The molecule has 4 rings (SSSR count). The Morgan fingerprint density at radius 3 is 2.74 bits per heavy atom. The molecule has 27 heavy (non-hydrogen) atoms. The third-order valence-electron chi connectivity index (χ3n) is 4.92. The van der Waals surface area contributed by atoms with Gasteiger partial charge in [0.2, 0.25) is 0 Å². The van der Waals surface area contributed by atoms with E-state index in [9.17, 15) is 4.79 Å². The van der Waals surface area contributed by atoms with Crippen LogP contribution in [0.4, 0.5) is 0 Å². The molecule has 0 radical (unpaired) electrons. The number of oxazole rings is 1. The number of carbonyl (C=O) groups excluding carboxylic acids is 1. The summed E-state index contributed by atoms with van der Waals surface area (Å²) >= 11 is 5.97. The van der Waals surface area contributed by atoms with E-state index in [1.165, 1.54) is 0 Å². The number of aromatic nitrogens is 1. The summed E-state index contributed by atoms with van der Waals surface area (Å²) in [6.07, 6.45) is 1.12. The van der Waals surface area contributed by atoms with Crippen LogP contribution in [-0.4, -0.2) is 35.0 Å². The predicted octanol–water partition coefficient (Wildman–Crippen LogP) is 4.65. The summed E-state index contributed by atoms with van der Waals surface area (Å²) in [6.45, 7) is 3.12. The lowest BCUT2D eigenvalue weighted by Crippen LogP contribution is -2.44. The smallest absolute Gasteiger partial charge is 0.263 e. The van der Waals surface area contributed by atoms with E-state index in [-0.39, 0.29) is 11.8 Å². The quantitative estimate of drug-likeness (QED) is 0.656. The molecule has 0 bridgehead atoms. The van der Waals surface area contributed by atoms with E-state index in [2.05, 4.69) is 4.98 Å². The van der Waals surface area contributed by atoms with Crippen molar-refractivity contribution in [1.29, 1.82) is 0 Å². The van der Waals surface area contributed by atoms with Crippen LogP contribution >= 0.6 is 11.6 Å². The van der Waals surface area contributed by atoms with Crippen molar-refractivity contribution in [1.82, 2.24) is 9.88 Å². The second-order valence-corrected chi connectivity index (χ2v) is 7.27. The van der Waals surface area contributed by atoms with Crippen molar-refractivity contribution in [2.45, 2.75) is 31.8 Å². The molecule has 0 spiro atoms. The van der Waals surface area contributed by atoms with Crippen LogP contribution in [-0.2, 0) is 4.79 Å². The first-order chi connectivity index (χ1) is 13.1. The van der Waals surface area contributed by atoms with Gasteiger partial charge in [-0.2, -0.15) is 0 Å². The molecule has 2 heterocycles. The molecule has 2 aromatic carbocycles. The van der Waals surface area contributed by atoms with Crippen LogP contribution in [0.5, 0.6) is 5.75 Å². The molecule has 140 valence electrons. The van der Waals surface area contributed by atoms with Crippen molar-refractivity contribution < 1.29 is 13.9 Å². The normalized spacial score (nSPS) is 16.4. The van der Waals surface area contributed by atoms with Crippen molar-refractivity contribution in [3.8, 4) is 5.75 Å². The molecule has 0 saturated carbocycles. The number of hydrogen-bond acceptors (Lipinski definition) is 4. The Hall–Kier alpha value is -2.53. The SMILES string of the molecule is C[C@H](Oc1cccc(Cl)c1)C(=O)N1CCC(c2nc3ccccc3o2)CC1. The molecule has 1 aliphatic heterocycles. The van der Waals surface area contributed by atoms with E-state index in [0.29, 0.717) is 23.9 Å². The zero-order chi connectivity index (χ0) is 18.8. The molecule has 3 aromatic rings. The lowest BCUT2D eigenvalue weighted by atomic mass is 9.96. The van der Waals surface area contributed by atoms with Gasteiger partial charge in [0, 0.05) is 24.0 Å². The van der Waals surface area contributed by atoms with Gasteiger partial charge in [0.1, 0.15) is 11.3 Å². The number of para-hydroxylation sites is 2. The number of rotatable bonds is 4. The maximum absolute atomic E-state index is 12.7. The number of hydrogen-bond donors (Lipinski definition) is 0.